The monoisotopic (exact) mass is 384 g/mol. The molecule has 0 fully saturated rings. The van der Waals surface area contributed by atoms with Crippen LogP contribution in [-0.4, -0.2) is 37.2 Å². The molecule has 2 aromatic heterocycles. The number of fused-ring (bicyclic) bond motifs is 1. The second-order valence-electron chi connectivity index (χ2n) is 6.19. The first-order chi connectivity index (χ1) is 13.4. The third kappa shape index (κ3) is 3.20. The summed E-state index contributed by atoms with van der Waals surface area (Å²) in [5.74, 6) is -0.632. The van der Waals surface area contributed by atoms with Gasteiger partial charge in [0.25, 0.3) is 11.5 Å². The van der Waals surface area contributed by atoms with E-state index in [4.69, 9.17) is 0 Å². The fourth-order valence-electron chi connectivity index (χ4n) is 3.02. The number of aromatic nitrogens is 4. The Morgan fingerprint density at radius 2 is 1.79 bits per heavy atom. The fourth-order valence-corrected chi connectivity index (χ4v) is 3.02. The molecular formula is C18H20N6O4. The average Bonchev–Trinajstić information content (AvgIpc) is 3.10. The predicted octanol–water partition coefficient (Wildman–Crippen LogP) is -0.131. The molecule has 3 aromatic rings. The van der Waals surface area contributed by atoms with Gasteiger partial charge in [0, 0.05) is 20.6 Å². The number of aryl methyl sites for hydroxylation is 1. The van der Waals surface area contributed by atoms with E-state index in [9.17, 15) is 19.2 Å². The minimum absolute atomic E-state index is 0.0875. The Morgan fingerprint density at radius 3 is 2.43 bits per heavy atom. The van der Waals surface area contributed by atoms with Crippen molar-refractivity contribution in [2.24, 2.45) is 14.1 Å². The summed E-state index contributed by atoms with van der Waals surface area (Å²) in [6.45, 7) is 2.08. The number of hydrogen-bond acceptors (Lipinski definition) is 5. The number of imide groups is 1. The highest BCUT2D eigenvalue weighted by molar-refractivity contribution is 5.98. The molecule has 10 nitrogen and oxygen atoms in total. The van der Waals surface area contributed by atoms with Gasteiger partial charge in [0.05, 0.1) is 6.33 Å². The van der Waals surface area contributed by atoms with E-state index in [0.717, 1.165) is 4.57 Å². The maximum absolute atomic E-state index is 12.9. The second-order valence-corrected chi connectivity index (χ2v) is 6.19. The van der Waals surface area contributed by atoms with E-state index < -0.39 is 29.2 Å². The van der Waals surface area contributed by atoms with Crippen molar-refractivity contribution in [1.29, 1.82) is 0 Å². The van der Waals surface area contributed by atoms with E-state index in [1.54, 1.807) is 37.3 Å². The maximum Gasteiger partial charge on any atom is 0.332 e. The van der Waals surface area contributed by atoms with E-state index >= 15 is 0 Å². The number of benzene rings is 1. The Morgan fingerprint density at radius 1 is 1.11 bits per heavy atom. The molecule has 0 unspecified atom stereocenters. The van der Waals surface area contributed by atoms with Gasteiger partial charge in [-0.1, -0.05) is 30.3 Å². The molecule has 0 saturated carbocycles. The fraction of sp³-hybridized carbons (Fsp3) is 0.278. The number of amides is 3. The summed E-state index contributed by atoms with van der Waals surface area (Å²) in [4.78, 5) is 53.8. The number of carbonyl (C=O) groups excluding carboxylic acids is 2. The average molecular weight is 384 g/mol. The van der Waals surface area contributed by atoms with Crippen molar-refractivity contribution in [1.82, 2.24) is 29.3 Å². The molecule has 1 atom stereocenters. The topological polar surface area (TPSA) is 120 Å². The second kappa shape index (κ2) is 7.51. The van der Waals surface area contributed by atoms with Crippen molar-refractivity contribution in [3.8, 4) is 0 Å². The minimum atomic E-state index is -1.03. The summed E-state index contributed by atoms with van der Waals surface area (Å²) >= 11 is 0. The van der Waals surface area contributed by atoms with Crippen LogP contribution >= 0.6 is 0 Å². The number of nitrogens with one attached hydrogen (secondary N) is 2. The molecule has 3 rings (SSSR count). The zero-order chi connectivity index (χ0) is 20.4. The van der Waals surface area contributed by atoms with Gasteiger partial charge in [0.15, 0.2) is 11.2 Å². The number of urea groups is 1. The van der Waals surface area contributed by atoms with Crippen molar-refractivity contribution in [3.05, 3.63) is 63.1 Å². The first kappa shape index (κ1) is 19.1. The lowest BCUT2D eigenvalue weighted by Gasteiger charge is -2.19. The molecule has 1 aromatic carbocycles. The summed E-state index contributed by atoms with van der Waals surface area (Å²) < 4.78 is 3.56. The summed E-state index contributed by atoms with van der Waals surface area (Å²) in [5.41, 5.74) is -0.308. The molecule has 146 valence electrons. The Kier molecular flexibility index (Phi) is 5.12. The van der Waals surface area contributed by atoms with Crippen LogP contribution in [0.2, 0.25) is 0 Å². The summed E-state index contributed by atoms with van der Waals surface area (Å²) in [5, 5.41) is 4.77. The first-order valence-corrected chi connectivity index (χ1v) is 8.63. The van der Waals surface area contributed by atoms with Crippen LogP contribution < -0.4 is 21.9 Å². The van der Waals surface area contributed by atoms with Gasteiger partial charge in [-0.25, -0.2) is 14.6 Å². The zero-order valence-electron chi connectivity index (χ0n) is 15.7. The molecule has 0 bridgehead atoms. The Labute approximate surface area is 159 Å². The van der Waals surface area contributed by atoms with Crippen molar-refractivity contribution in [3.63, 3.8) is 0 Å². The number of imidazole rings is 1. The van der Waals surface area contributed by atoms with Crippen LogP contribution in [-0.2, 0) is 18.9 Å². The van der Waals surface area contributed by atoms with Gasteiger partial charge in [-0.15, -0.1) is 0 Å². The van der Waals surface area contributed by atoms with Crippen LogP contribution in [0.4, 0.5) is 4.79 Å². The standard InChI is InChI=1S/C18H20N6O4/c1-4-19-17(27)21-15(25)12(11-8-6-5-7-9-11)24-10-20-14-13(24)16(26)23(3)18(28)22(14)2/h5-10,12H,4H2,1-3H3,(H2,19,21,25,27)/t12-/m0/s1. The molecule has 0 radical (unpaired) electrons. The van der Waals surface area contributed by atoms with Crippen LogP contribution in [0, 0.1) is 0 Å². The van der Waals surface area contributed by atoms with Gasteiger partial charge in [0.2, 0.25) is 0 Å². The number of carbonyl (C=O) groups is 2. The normalized spacial score (nSPS) is 12.0. The van der Waals surface area contributed by atoms with E-state index in [2.05, 4.69) is 15.6 Å². The third-order valence-electron chi connectivity index (χ3n) is 4.39. The van der Waals surface area contributed by atoms with E-state index in [-0.39, 0.29) is 11.2 Å². The molecular weight excluding hydrogens is 364 g/mol. The molecule has 2 heterocycles. The predicted molar refractivity (Wildman–Crippen MR) is 102 cm³/mol. The molecule has 0 aliphatic rings. The van der Waals surface area contributed by atoms with Crippen LogP contribution in [0.3, 0.4) is 0 Å². The lowest BCUT2D eigenvalue weighted by Crippen LogP contribution is -2.44. The van der Waals surface area contributed by atoms with Gasteiger partial charge in [-0.3, -0.25) is 24.0 Å². The number of rotatable bonds is 4. The van der Waals surface area contributed by atoms with Crippen LogP contribution in [0.5, 0.6) is 0 Å². The van der Waals surface area contributed by atoms with E-state index in [1.807, 2.05) is 0 Å². The van der Waals surface area contributed by atoms with Crippen LogP contribution in [0.1, 0.15) is 18.5 Å². The lowest BCUT2D eigenvalue weighted by molar-refractivity contribution is -0.122. The molecule has 10 heteroatoms. The maximum atomic E-state index is 12.9. The van der Waals surface area contributed by atoms with E-state index in [1.165, 1.54) is 29.6 Å². The summed E-state index contributed by atoms with van der Waals surface area (Å²) in [7, 11) is 2.85. The van der Waals surface area contributed by atoms with Crippen molar-refractivity contribution in [2.45, 2.75) is 13.0 Å². The summed E-state index contributed by atoms with van der Waals surface area (Å²) in [6, 6.07) is 7.03. The molecule has 3 amide bonds. The molecule has 2 N–H and O–H groups in total. The SMILES string of the molecule is CCNC(=O)NC(=O)[C@H](c1ccccc1)n1cnc2c1c(=O)n(C)c(=O)n2C. The quantitative estimate of drug-likeness (QED) is 0.649. The number of nitrogens with zero attached hydrogens (tertiary/aromatic N) is 4. The Hall–Kier alpha value is -3.69. The van der Waals surface area contributed by atoms with E-state index in [0.29, 0.717) is 12.1 Å². The van der Waals surface area contributed by atoms with Gasteiger partial charge < -0.3 is 9.88 Å². The first-order valence-electron chi connectivity index (χ1n) is 8.63. The summed E-state index contributed by atoms with van der Waals surface area (Å²) in [6.07, 6.45) is 1.32. The highest BCUT2D eigenvalue weighted by atomic mass is 16.2. The van der Waals surface area contributed by atoms with Crippen molar-refractivity contribution < 1.29 is 9.59 Å². The molecule has 0 aliphatic carbocycles. The minimum Gasteiger partial charge on any atom is -0.338 e. The van der Waals surface area contributed by atoms with Crippen LogP contribution in [0.25, 0.3) is 11.2 Å². The highest BCUT2D eigenvalue weighted by Gasteiger charge is 2.28. The van der Waals surface area contributed by atoms with Crippen molar-refractivity contribution >= 4 is 23.1 Å². The van der Waals surface area contributed by atoms with Gasteiger partial charge in [-0.05, 0) is 12.5 Å². The van der Waals surface area contributed by atoms with Gasteiger partial charge in [0.1, 0.15) is 6.04 Å². The smallest absolute Gasteiger partial charge is 0.332 e. The Bertz CT molecular complexity index is 1160. The van der Waals surface area contributed by atoms with Gasteiger partial charge >= 0.3 is 11.7 Å². The molecule has 28 heavy (non-hydrogen) atoms. The zero-order valence-corrected chi connectivity index (χ0v) is 15.7. The Balaban J connectivity index is 2.22. The largest absolute Gasteiger partial charge is 0.338 e. The van der Waals surface area contributed by atoms with Gasteiger partial charge in [-0.2, -0.15) is 0 Å². The van der Waals surface area contributed by atoms with Crippen LogP contribution in [0.15, 0.2) is 46.2 Å². The lowest BCUT2D eigenvalue weighted by atomic mass is 10.1. The van der Waals surface area contributed by atoms with Crippen molar-refractivity contribution in [2.75, 3.05) is 6.54 Å². The molecule has 0 saturated heterocycles. The third-order valence-corrected chi connectivity index (χ3v) is 4.39. The molecule has 0 aliphatic heterocycles. The highest BCUT2D eigenvalue weighted by Crippen LogP contribution is 2.22. The molecule has 0 spiro atoms. The number of hydrogen-bond donors (Lipinski definition) is 2.